The highest BCUT2D eigenvalue weighted by molar-refractivity contribution is 6.00. The first-order valence-electron chi connectivity index (χ1n) is 9.11. The summed E-state index contributed by atoms with van der Waals surface area (Å²) in [5, 5.41) is 14.6. The van der Waals surface area contributed by atoms with Crippen LogP contribution in [0.1, 0.15) is 39.0 Å². The van der Waals surface area contributed by atoms with Gasteiger partial charge in [0, 0.05) is 37.7 Å². The van der Waals surface area contributed by atoms with Crippen molar-refractivity contribution in [2.75, 3.05) is 24.8 Å². The van der Waals surface area contributed by atoms with Gasteiger partial charge in [-0.2, -0.15) is 0 Å². The van der Waals surface area contributed by atoms with Crippen LogP contribution in [-0.2, 0) is 13.0 Å². The highest BCUT2D eigenvalue weighted by atomic mass is 19.1. The average molecular weight is 404 g/mol. The molecule has 0 fully saturated rings. The Bertz CT molecular complexity index is 1100. The van der Waals surface area contributed by atoms with Gasteiger partial charge in [-0.05, 0) is 13.0 Å². The van der Waals surface area contributed by atoms with Crippen molar-refractivity contribution in [1.29, 1.82) is 0 Å². The highest BCUT2D eigenvalue weighted by Gasteiger charge is 2.39. The minimum absolute atomic E-state index is 0.0499. The van der Waals surface area contributed by atoms with Gasteiger partial charge in [-0.25, -0.2) is 8.78 Å². The fourth-order valence-corrected chi connectivity index (χ4v) is 3.72. The topological polar surface area (TPSA) is 94.9 Å². The Morgan fingerprint density at radius 3 is 2.72 bits per heavy atom. The zero-order chi connectivity index (χ0) is 20.9. The SMILES string of the molecule is CCN1CN2CCc3c(C(=O)NCc4ccc(F)cc4F)c(=O)c(O)c(n32)C1=O. The number of rotatable bonds is 4. The Morgan fingerprint density at radius 2 is 2.03 bits per heavy atom. The molecular formula is C19H18F2N4O4. The van der Waals surface area contributed by atoms with Crippen LogP contribution in [-0.4, -0.2) is 46.3 Å². The lowest BCUT2D eigenvalue weighted by molar-refractivity contribution is 0.0702. The number of nitrogens with zero attached hydrogens (tertiary/aromatic N) is 3. The fourth-order valence-electron chi connectivity index (χ4n) is 3.72. The number of aromatic nitrogens is 1. The van der Waals surface area contributed by atoms with Crippen LogP contribution in [0.3, 0.4) is 0 Å². The number of amides is 2. The normalized spacial score (nSPS) is 14.9. The van der Waals surface area contributed by atoms with Crippen molar-refractivity contribution >= 4 is 11.8 Å². The Kier molecular flexibility index (Phi) is 4.48. The van der Waals surface area contributed by atoms with E-state index in [2.05, 4.69) is 5.32 Å². The van der Waals surface area contributed by atoms with Gasteiger partial charge in [0.15, 0.2) is 11.4 Å². The summed E-state index contributed by atoms with van der Waals surface area (Å²) in [5.74, 6) is -3.64. The largest absolute Gasteiger partial charge is 0.502 e. The van der Waals surface area contributed by atoms with Gasteiger partial charge in [0.05, 0.1) is 5.69 Å². The molecule has 4 rings (SSSR count). The summed E-state index contributed by atoms with van der Waals surface area (Å²) in [6.07, 6.45) is 0.334. The first-order valence-corrected chi connectivity index (χ1v) is 9.11. The van der Waals surface area contributed by atoms with Crippen LogP contribution in [0.15, 0.2) is 23.0 Å². The number of halogens is 2. The van der Waals surface area contributed by atoms with Crippen LogP contribution in [0.2, 0.25) is 0 Å². The standard InChI is InChI=1S/C19H18F2N4O4/c1-2-23-9-24-6-5-13-14(16(26)17(27)15(19(23)29)25(13)24)18(28)22-8-10-3-4-11(20)7-12(10)21/h3-4,7,27H,2,5-6,8-9H2,1H3,(H,22,28). The minimum atomic E-state index is -0.948. The Hall–Kier alpha value is -3.43. The minimum Gasteiger partial charge on any atom is -0.502 e. The molecule has 8 nitrogen and oxygen atoms in total. The van der Waals surface area contributed by atoms with Gasteiger partial charge in [-0.3, -0.25) is 24.1 Å². The Balaban J connectivity index is 1.71. The van der Waals surface area contributed by atoms with Crippen molar-refractivity contribution in [3.05, 3.63) is 62.6 Å². The van der Waals surface area contributed by atoms with E-state index in [1.165, 1.54) is 15.6 Å². The van der Waals surface area contributed by atoms with Crippen LogP contribution in [0.4, 0.5) is 8.78 Å². The summed E-state index contributed by atoms with van der Waals surface area (Å²) in [6, 6.07) is 2.96. The maximum Gasteiger partial charge on any atom is 0.277 e. The Labute approximate surface area is 163 Å². The summed E-state index contributed by atoms with van der Waals surface area (Å²) in [6.45, 7) is 2.67. The van der Waals surface area contributed by atoms with Gasteiger partial charge in [-0.1, -0.05) is 6.07 Å². The number of carbonyl (C=O) groups excluding carboxylic acids is 2. The monoisotopic (exact) mass is 404 g/mol. The van der Waals surface area contributed by atoms with Gasteiger partial charge in [0.25, 0.3) is 11.8 Å². The van der Waals surface area contributed by atoms with Gasteiger partial charge in [-0.15, -0.1) is 0 Å². The smallest absolute Gasteiger partial charge is 0.277 e. The molecule has 0 aliphatic carbocycles. The van der Waals surface area contributed by atoms with E-state index in [1.54, 1.807) is 11.9 Å². The zero-order valence-corrected chi connectivity index (χ0v) is 15.5. The highest BCUT2D eigenvalue weighted by Crippen LogP contribution is 2.28. The van der Waals surface area contributed by atoms with Crippen LogP contribution in [0.25, 0.3) is 0 Å². The van der Waals surface area contributed by atoms with Crippen molar-refractivity contribution in [1.82, 2.24) is 14.9 Å². The van der Waals surface area contributed by atoms with Crippen LogP contribution < -0.4 is 15.8 Å². The number of benzene rings is 1. The number of carbonyl (C=O) groups is 2. The van der Waals surface area contributed by atoms with E-state index in [4.69, 9.17) is 0 Å². The van der Waals surface area contributed by atoms with Crippen LogP contribution in [0.5, 0.6) is 5.75 Å². The summed E-state index contributed by atoms with van der Waals surface area (Å²) in [5.41, 5.74) is -1.01. The van der Waals surface area contributed by atoms with Crippen molar-refractivity contribution in [3.8, 4) is 5.75 Å². The second-order valence-corrected chi connectivity index (χ2v) is 6.86. The van der Waals surface area contributed by atoms with Gasteiger partial charge >= 0.3 is 0 Å². The molecule has 1 aromatic heterocycles. The molecule has 0 radical (unpaired) electrons. The van der Waals surface area contributed by atoms with Crippen molar-refractivity contribution < 1.29 is 23.5 Å². The van der Waals surface area contributed by atoms with Crippen molar-refractivity contribution in [3.63, 3.8) is 0 Å². The Morgan fingerprint density at radius 1 is 1.28 bits per heavy atom. The zero-order valence-electron chi connectivity index (χ0n) is 15.5. The van der Waals surface area contributed by atoms with E-state index < -0.39 is 34.6 Å². The first kappa shape index (κ1) is 18.9. The average Bonchev–Trinajstić information content (AvgIpc) is 3.09. The maximum atomic E-state index is 13.8. The molecule has 0 atom stereocenters. The molecule has 2 aliphatic rings. The molecule has 2 N–H and O–H groups in total. The molecule has 3 heterocycles. The van der Waals surface area contributed by atoms with E-state index in [1.807, 2.05) is 0 Å². The summed E-state index contributed by atoms with van der Waals surface area (Å²) in [7, 11) is 0. The third-order valence-electron chi connectivity index (χ3n) is 5.20. The van der Waals surface area contributed by atoms with Crippen molar-refractivity contribution in [2.45, 2.75) is 19.9 Å². The van der Waals surface area contributed by atoms with Crippen molar-refractivity contribution in [2.24, 2.45) is 0 Å². The molecule has 2 amide bonds. The van der Waals surface area contributed by atoms with Crippen LogP contribution in [0, 0.1) is 11.6 Å². The lowest BCUT2D eigenvalue weighted by atomic mass is 10.1. The molecule has 10 heteroatoms. The van der Waals surface area contributed by atoms with E-state index >= 15 is 0 Å². The number of hydrogen-bond acceptors (Lipinski definition) is 5. The lowest BCUT2D eigenvalue weighted by Gasteiger charge is -2.36. The summed E-state index contributed by atoms with van der Waals surface area (Å²) < 4.78 is 28.2. The molecule has 0 unspecified atom stereocenters. The van der Waals surface area contributed by atoms with E-state index in [0.29, 0.717) is 31.3 Å². The predicted octanol–water partition coefficient (Wildman–Crippen LogP) is 0.689. The second-order valence-electron chi connectivity index (χ2n) is 6.86. The van der Waals surface area contributed by atoms with E-state index in [9.17, 15) is 28.3 Å². The molecule has 1 aromatic carbocycles. The predicted molar refractivity (Wildman–Crippen MR) is 98.3 cm³/mol. The van der Waals surface area contributed by atoms with Gasteiger partial charge in [0.2, 0.25) is 5.43 Å². The van der Waals surface area contributed by atoms with Gasteiger partial charge in [0.1, 0.15) is 23.9 Å². The third-order valence-corrected chi connectivity index (χ3v) is 5.20. The van der Waals surface area contributed by atoms with Gasteiger partial charge < -0.3 is 15.3 Å². The quantitative estimate of drug-likeness (QED) is 0.782. The summed E-state index contributed by atoms with van der Waals surface area (Å²) >= 11 is 0. The maximum absolute atomic E-state index is 13.8. The second kappa shape index (κ2) is 6.87. The van der Waals surface area contributed by atoms with E-state index in [-0.39, 0.29) is 30.0 Å². The fraction of sp³-hybridized carbons (Fsp3) is 0.316. The lowest BCUT2D eigenvalue weighted by Crippen LogP contribution is -2.52. The van der Waals surface area contributed by atoms with E-state index in [0.717, 1.165) is 6.07 Å². The third kappa shape index (κ3) is 2.91. The molecule has 29 heavy (non-hydrogen) atoms. The first-order chi connectivity index (χ1) is 13.8. The number of nitrogens with one attached hydrogen (secondary N) is 1. The number of pyridine rings is 1. The molecule has 2 aliphatic heterocycles. The molecule has 0 saturated carbocycles. The number of hydrogen-bond donors (Lipinski definition) is 2. The summed E-state index contributed by atoms with van der Waals surface area (Å²) in [4.78, 5) is 39.5. The molecule has 0 spiro atoms. The number of aromatic hydroxyl groups is 1. The molecule has 2 aromatic rings. The molecular weight excluding hydrogens is 386 g/mol. The molecule has 0 bridgehead atoms. The molecule has 0 saturated heterocycles. The molecule has 152 valence electrons. The van der Waals surface area contributed by atoms with Crippen LogP contribution >= 0.6 is 0 Å².